The molecule has 2 aromatic rings. The second-order valence-electron chi connectivity index (χ2n) is 7.38. The molecule has 0 unspecified atom stereocenters. The van der Waals surface area contributed by atoms with Gasteiger partial charge < -0.3 is 4.90 Å². The normalized spacial score (nSPS) is 17.7. The van der Waals surface area contributed by atoms with Gasteiger partial charge in [0, 0.05) is 31.9 Å². The molecule has 0 aliphatic carbocycles. The second-order valence-corrected chi connectivity index (χ2v) is 10.9. The Hall–Kier alpha value is -2.01. The Kier molecular flexibility index (Phi) is 5.14. The summed E-state index contributed by atoms with van der Waals surface area (Å²) in [4.78, 5) is 1.69. The molecular formula is C19H22FN3O4S2. The van der Waals surface area contributed by atoms with Crippen LogP contribution in [0.3, 0.4) is 0 Å². The van der Waals surface area contributed by atoms with E-state index in [0.29, 0.717) is 31.7 Å². The maximum atomic E-state index is 13.8. The molecule has 7 nitrogen and oxygen atoms in total. The minimum Gasteiger partial charge on any atom is -0.367 e. The summed E-state index contributed by atoms with van der Waals surface area (Å²) in [7, 11) is -7.69. The van der Waals surface area contributed by atoms with E-state index in [1.807, 2.05) is 11.0 Å². The van der Waals surface area contributed by atoms with Crippen LogP contribution in [0, 0.1) is 5.82 Å². The number of sulfonamides is 2. The number of nitrogens with zero attached hydrogens (tertiary/aromatic N) is 2. The third-order valence-electron chi connectivity index (χ3n) is 5.43. The SMILES string of the molecule is NS(=O)(=O)c1cc(CN2CCc3ccc(S(=O)(=O)N4CCCC4)cc32)ccc1F. The molecule has 2 aliphatic heterocycles. The van der Waals surface area contributed by atoms with Crippen LogP contribution in [0.4, 0.5) is 10.1 Å². The molecule has 0 radical (unpaired) electrons. The first-order valence-corrected chi connectivity index (χ1v) is 12.3. The fourth-order valence-electron chi connectivity index (χ4n) is 3.91. The van der Waals surface area contributed by atoms with Crippen LogP contribution < -0.4 is 10.0 Å². The van der Waals surface area contributed by atoms with E-state index >= 15 is 0 Å². The zero-order valence-corrected chi connectivity index (χ0v) is 17.3. The van der Waals surface area contributed by atoms with E-state index in [1.54, 1.807) is 12.1 Å². The van der Waals surface area contributed by atoms with E-state index in [-0.39, 0.29) is 4.90 Å². The van der Waals surface area contributed by atoms with Gasteiger partial charge in [0.05, 0.1) is 4.90 Å². The topological polar surface area (TPSA) is 101 Å². The van der Waals surface area contributed by atoms with Gasteiger partial charge in [-0.3, -0.25) is 0 Å². The lowest BCUT2D eigenvalue weighted by molar-refractivity contribution is 0.477. The number of rotatable bonds is 5. The Morgan fingerprint density at radius 2 is 1.69 bits per heavy atom. The van der Waals surface area contributed by atoms with Crippen molar-refractivity contribution in [1.29, 1.82) is 0 Å². The summed E-state index contributed by atoms with van der Waals surface area (Å²) in [6.07, 6.45) is 2.49. The summed E-state index contributed by atoms with van der Waals surface area (Å²) in [5, 5.41) is 5.09. The lowest BCUT2D eigenvalue weighted by Gasteiger charge is -2.21. The molecule has 2 heterocycles. The average molecular weight is 440 g/mol. The van der Waals surface area contributed by atoms with Gasteiger partial charge in [0.25, 0.3) is 0 Å². The van der Waals surface area contributed by atoms with Crippen molar-refractivity contribution in [2.75, 3.05) is 24.5 Å². The Balaban J connectivity index is 1.64. The van der Waals surface area contributed by atoms with Gasteiger partial charge in [-0.2, -0.15) is 4.31 Å². The van der Waals surface area contributed by atoms with Gasteiger partial charge in [0.1, 0.15) is 10.7 Å². The van der Waals surface area contributed by atoms with Crippen molar-refractivity contribution >= 4 is 25.7 Å². The Morgan fingerprint density at radius 3 is 2.38 bits per heavy atom. The van der Waals surface area contributed by atoms with Gasteiger partial charge in [-0.15, -0.1) is 0 Å². The predicted molar refractivity (Wildman–Crippen MR) is 107 cm³/mol. The molecule has 0 amide bonds. The zero-order chi connectivity index (χ0) is 20.8. The number of benzene rings is 2. The highest BCUT2D eigenvalue weighted by Gasteiger charge is 2.29. The van der Waals surface area contributed by atoms with Gasteiger partial charge in [-0.05, 0) is 54.7 Å². The molecule has 1 saturated heterocycles. The van der Waals surface area contributed by atoms with Gasteiger partial charge in [-0.1, -0.05) is 12.1 Å². The van der Waals surface area contributed by atoms with Crippen molar-refractivity contribution < 1.29 is 21.2 Å². The Labute approximate surface area is 170 Å². The van der Waals surface area contributed by atoms with Crippen molar-refractivity contribution in [2.24, 2.45) is 5.14 Å². The fourth-order valence-corrected chi connectivity index (χ4v) is 6.11. The second kappa shape index (κ2) is 7.35. The molecule has 0 bridgehead atoms. The molecule has 2 N–H and O–H groups in total. The molecule has 29 heavy (non-hydrogen) atoms. The highest BCUT2D eigenvalue weighted by Crippen LogP contribution is 2.33. The first kappa shape index (κ1) is 20.3. The quantitative estimate of drug-likeness (QED) is 0.766. The molecule has 1 fully saturated rings. The van der Waals surface area contributed by atoms with Crippen LogP contribution in [0.25, 0.3) is 0 Å². The number of hydrogen-bond donors (Lipinski definition) is 1. The number of anilines is 1. The number of fused-ring (bicyclic) bond motifs is 1. The largest absolute Gasteiger partial charge is 0.367 e. The molecule has 10 heteroatoms. The molecule has 156 valence electrons. The maximum absolute atomic E-state index is 13.8. The summed E-state index contributed by atoms with van der Waals surface area (Å²) < 4.78 is 64.2. The summed E-state index contributed by atoms with van der Waals surface area (Å²) in [6.45, 7) is 2.05. The zero-order valence-electron chi connectivity index (χ0n) is 15.7. The molecule has 4 rings (SSSR count). The Morgan fingerprint density at radius 1 is 0.966 bits per heavy atom. The van der Waals surface area contributed by atoms with Crippen LogP contribution in [0.2, 0.25) is 0 Å². The van der Waals surface area contributed by atoms with Crippen LogP contribution in [-0.2, 0) is 33.0 Å². The summed E-state index contributed by atoms with van der Waals surface area (Å²) in [6, 6.07) is 8.98. The van der Waals surface area contributed by atoms with E-state index in [0.717, 1.165) is 36.6 Å². The van der Waals surface area contributed by atoms with Crippen molar-refractivity contribution in [3.63, 3.8) is 0 Å². The minimum atomic E-state index is -4.16. The van der Waals surface area contributed by atoms with Crippen molar-refractivity contribution in [3.8, 4) is 0 Å². The predicted octanol–water partition coefficient (Wildman–Crippen LogP) is 1.82. The van der Waals surface area contributed by atoms with Gasteiger partial charge in [-0.25, -0.2) is 26.4 Å². The number of halogens is 1. The first-order valence-electron chi connectivity index (χ1n) is 9.35. The van der Waals surface area contributed by atoms with Crippen LogP contribution in [0.1, 0.15) is 24.0 Å². The highest BCUT2D eigenvalue weighted by molar-refractivity contribution is 7.89. The third-order valence-corrected chi connectivity index (χ3v) is 8.25. The Bertz CT molecular complexity index is 1160. The van der Waals surface area contributed by atoms with E-state index in [2.05, 4.69) is 0 Å². The van der Waals surface area contributed by atoms with Crippen LogP contribution in [0.15, 0.2) is 46.2 Å². The first-order chi connectivity index (χ1) is 13.7. The van der Waals surface area contributed by atoms with Crippen molar-refractivity contribution in [3.05, 3.63) is 53.3 Å². The van der Waals surface area contributed by atoms with E-state index in [1.165, 1.54) is 16.4 Å². The summed E-state index contributed by atoms with van der Waals surface area (Å²) >= 11 is 0. The average Bonchev–Trinajstić information content (AvgIpc) is 3.33. The van der Waals surface area contributed by atoms with Crippen LogP contribution in [0.5, 0.6) is 0 Å². The fraction of sp³-hybridized carbons (Fsp3) is 0.368. The van der Waals surface area contributed by atoms with E-state index < -0.39 is 30.8 Å². The molecule has 2 aliphatic rings. The molecule has 2 aromatic carbocycles. The highest BCUT2D eigenvalue weighted by atomic mass is 32.2. The standard InChI is InChI=1S/C19H22FN3O4S2/c20-17-6-3-14(11-19(17)28(21,24)25)13-22-10-7-15-4-5-16(12-18(15)22)29(26,27)23-8-1-2-9-23/h3-6,11-12H,1-2,7-10,13H2,(H2,21,24,25). The maximum Gasteiger partial charge on any atom is 0.243 e. The molecule has 0 saturated carbocycles. The van der Waals surface area contributed by atoms with Crippen molar-refractivity contribution in [2.45, 2.75) is 35.6 Å². The number of nitrogens with two attached hydrogens (primary N) is 1. The summed E-state index contributed by atoms with van der Waals surface area (Å²) in [5.74, 6) is -0.892. The molecule has 0 aromatic heterocycles. The van der Waals surface area contributed by atoms with E-state index in [9.17, 15) is 21.2 Å². The molecule has 0 spiro atoms. The van der Waals surface area contributed by atoms with E-state index in [4.69, 9.17) is 5.14 Å². The summed E-state index contributed by atoms with van der Waals surface area (Å²) in [5.41, 5.74) is 2.40. The van der Waals surface area contributed by atoms with Gasteiger partial charge >= 0.3 is 0 Å². The van der Waals surface area contributed by atoms with Gasteiger partial charge in [0.15, 0.2) is 0 Å². The number of primary sulfonamides is 1. The lowest BCUT2D eigenvalue weighted by Crippen LogP contribution is -2.28. The molecule has 0 atom stereocenters. The number of hydrogen-bond acceptors (Lipinski definition) is 5. The smallest absolute Gasteiger partial charge is 0.243 e. The monoisotopic (exact) mass is 439 g/mol. The van der Waals surface area contributed by atoms with Gasteiger partial charge in [0.2, 0.25) is 20.0 Å². The lowest BCUT2D eigenvalue weighted by atomic mass is 10.1. The van der Waals surface area contributed by atoms with Crippen molar-refractivity contribution in [1.82, 2.24) is 4.31 Å². The van der Waals surface area contributed by atoms with Crippen LogP contribution >= 0.6 is 0 Å². The third kappa shape index (κ3) is 3.89. The molecular weight excluding hydrogens is 417 g/mol. The van der Waals surface area contributed by atoms with Crippen LogP contribution in [-0.4, -0.2) is 40.8 Å². The minimum absolute atomic E-state index is 0.259.